The maximum atomic E-state index is 14.3. The van der Waals surface area contributed by atoms with Crippen LogP contribution in [0.2, 0.25) is 0 Å². The Balaban J connectivity index is 1.31. The minimum Gasteiger partial charge on any atom is -0.324 e. The van der Waals surface area contributed by atoms with Gasteiger partial charge in [0.05, 0.1) is 5.75 Å². The molecule has 3 aromatic carbocycles. The molecule has 8 nitrogen and oxygen atoms in total. The standard InChI is InChI=1S/C36H35N5O3S/c1-24(25-9-4-3-5-10-25)32-19-30-21-37-36(38-31-16-14-26(15-17-31)28-13-8-18-40(2)22-28)39-34(30)41(35(32)42)33-20-27-11-6-7-12-29(27)23-45(33,43)44/h3-7,9-12,14-17,19,21,28,33H,1,8,13,18,20,22-23H2,2H3,(H,37,38,39). The zero-order valence-corrected chi connectivity index (χ0v) is 26.0. The molecule has 5 aromatic rings. The second-order valence-corrected chi connectivity index (χ2v) is 14.3. The molecule has 2 aliphatic heterocycles. The molecule has 228 valence electrons. The van der Waals surface area contributed by atoms with Gasteiger partial charge in [0.1, 0.15) is 11.0 Å². The molecule has 2 atom stereocenters. The van der Waals surface area contributed by atoms with E-state index >= 15 is 0 Å². The van der Waals surface area contributed by atoms with Gasteiger partial charge in [0, 0.05) is 35.8 Å². The number of likely N-dealkylation sites (N-methyl/N-ethyl adjacent to an activating group) is 1. The van der Waals surface area contributed by atoms with Crippen molar-refractivity contribution in [3.05, 3.63) is 136 Å². The van der Waals surface area contributed by atoms with E-state index in [0.29, 0.717) is 22.4 Å². The van der Waals surface area contributed by atoms with E-state index in [2.05, 4.69) is 41.0 Å². The summed E-state index contributed by atoms with van der Waals surface area (Å²) in [6.07, 6.45) is 4.17. The molecular formula is C36H35N5O3S. The lowest BCUT2D eigenvalue weighted by Crippen LogP contribution is -2.36. The number of nitrogens with zero attached hydrogens (tertiary/aromatic N) is 4. The van der Waals surface area contributed by atoms with Crippen molar-refractivity contribution in [2.75, 3.05) is 25.5 Å². The van der Waals surface area contributed by atoms with Crippen LogP contribution in [0.4, 0.5) is 11.6 Å². The minimum absolute atomic E-state index is 0.148. The number of hydrogen-bond donors (Lipinski definition) is 1. The van der Waals surface area contributed by atoms with Crippen LogP contribution in [0.1, 0.15) is 52.0 Å². The fraction of sp³-hybridized carbons (Fsp3) is 0.250. The van der Waals surface area contributed by atoms with Gasteiger partial charge in [-0.15, -0.1) is 0 Å². The average Bonchev–Trinajstić information content (AvgIpc) is 3.04. The van der Waals surface area contributed by atoms with Gasteiger partial charge >= 0.3 is 0 Å². The van der Waals surface area contributed by atoms with Crippen LogP contribution < -0.4 is 10.9 Å². The van der Waals surface area contributed by atoms with Crippen LogP contribution in [0.15, 0.2) is 102 Å². The molecule has 0 aliphatic carbocycles. The largest absolute Gasteiger partial charge is 0.324 e. The van der Waals surface area contributed by atoms with Crippen molar-refractivity contribution in [3.8, 4) is 0 Å². The third-order valence-electron chi connectivity index (χ3n) is 9.06. The van der Waals surface area contributed by atoms with E-state index in [1.165, 1.54) is 23.0 Å². The van der Waals surface area contributed by atoms with Gasteiger partial charge in [-0.05, 0) is 78.4 Å². The third kappa shape index (κ3) is 5.69. The number of aromatic nitrogens is 3. The molecule has 0 spiro atoms. The van der Waals surface area contributed by atoms with E-state index in [1.54, 1.807) is 12.3 Å². The molecule has 2 aliphatic rings. The molecule has 0 bridgehead atoms. The molecular weight excluding hydrogens is 582 g/mol. The van der Waals surface area contributed by atoms with E-state index in [4.69, 9.17) is 4.98 Å². The topological polar surface area (TPSA) is 97.2 Å². The van der Waals surface area contributed by atoms with Gasteiger partial charge in [-0.2, -0.15) is 4.98 Å². The number of sulfone groups is 1. The van der Waals surface area contributed by atoms with E-state index in [1.807, 2.05) is 66.7 Å². The smallest absolute Gasteiger partial charge is 0.261 e. The van der Waals surface area contributed by atoms with Gasteiger partial charge in [0.25, 0.3) is 5.56 Å². The lowest BCUT2D eigenvalue weighted by Gasteiger charge is -2.30. The number of hydrogen-bond acceptors (Lipinski definition) is 7. The number of likely N-dealkylation sites (tertiary alicyclic amines) is 1. The Labute approximate surface area is 263 Å². The highest BCUT2D eigenvalue weighted by Crippen LogP contribution is 2.34. The zero-order valence-electron chi connectivity index (χ0n) is 25.2. The van der Waals surface area contributed by atoms with Crippen LogP contribution in [-0.4, -0.2) is 48.0 Å². The Morgan fingerprint density at radius 3 is 2.47 bits per heavy atom. The molecule has 1 fully saturated rings. The first-order valence-electron chi connectivity index (χ1n) is 15.3. The lowest BCUT2D eigenvalue weighted by molar-refractivity contribution is 0.251. The van der Waals surface area contributed by atoms with Crippen molar-refractivity contribution in [2.24, 2.45) is 0 Å². The summed E-state index contributed by atoms with van der Waals surface area (Å²) in [5.41, 5.74) is 5.19. The molecule has 0 saturated carbocycles. The van der Waals surface area contributed by atoms with Crippen molar-refractivity contribution in [2.45, 2.75) is 36.3 Å². The van der Waals surface area contributed by atoms with Crippen molar-refractivity contribution >= 4 is 38.1 Å². The normalized spacial score (nSPS) is 19.6. The van der Waals surface area contributed by atoms with E-state index in [0.717, 1.165) is 35.5 Å². The van der Waals surface area contributed by atoms with Gasteiger partial charge in [-0.25, -0.2) is 13.4 Å². The molecule has 2 aromatic heterocycles. The van der Waals surface area contributed by atoms with Crippen LogP contribution in [0, 0.1) is 0 Å². The maximum Gasteiger partial charge on any atom is 0.261 e. The van der Waals surface area contributed by atoms with Gasteiger partial charge in [-0.3, -0.25) is 9.36 Å². The summed E-state index contributed by atoms with van der Waals surface area (Å²) in [4.78, 5) is 26.0. The number of nitrogens with one attached hydrogen (secondary N) is 1. The summed E-state index contributed by atoms with van der Waals surface area (Å²) in [5.74, 6) is 0.640. The van der Waals surface area contributed by atoms with E-state index in [9.17, 15) is 13.2 Å². The molecule has 9 heteroatoms. The second-order valence-electron chi connectivity index (χ2n) is 12.1. The first kappa shape index (κ1) is 29.1. The summed E-state index contributed by atoms with van der Waals surface area (Å²) in [5, 5.41) is 2.70. The van der Waals surface area contributed by atoms with E-state index < -0.39 is 20.8 Å². The fourth-order valence-corrected chi connectivity index (χ4v) is 8.50. The fourth-order valence-electron chi connectivity index (χ4n) is 6.64. The molecule has 2 unspecified atom stereocenters. The highest BCUT2D eigenvalue weighted by Gasteiger charge is 2.36. The van der Waals surface area contributed by atoms with E-state index in [-0.39, 0.29) is 23.8 Å². The van der Waals surface area contributed by atoms with Crippen molar-refractivity contribution in [1.82, 2.24) is 19.4 Å². The number of benzene rings is 3. The number of rotatable bonds is 6. The first-order valence-corrected chi connectivity index (χ1v) is 17.0. The van der Waals surface area contributed by atoms with Gasteiger partial charge < -0.3 is 10.2 Å². The van der Waals surface area contributed by atoms with Gasteiger partial charge in [0.2, 0.25) is 5.95 Å². The van der Waals surface area contributed by atoms with Crippen molar-refractivity contribution in [1.29, 1.82) is 0 Å². The van der Waals surface area contributed by atoms with Crippen LogP contribution in [0.3, 0.4) is 0 Å². The number of piperidine rings is 1. The summed E-state index contributed by atoms with van der Waals surface area (Å²) in [6.45, 7) is 6.40. The Hall–Kier alpha value is -4.60. The quantitative estimate of drug-likeness (QED) is 0.247. The van der Waals surface area contributed by atoms with Crippen LogP contribution in [-0.2, 0) is 22.0 Å². The highest BCUT2D eigenvalue weighted by molar-refractivity contribution is 7.90. The molecule has 1 saturated heterocycles. The molecule has 1 N–H and O–H groups in total. The average molecular weight is 618 g/mol. The summed E-state index contributed by atoms with van der Waals surface area (Å²) in [6, 6.07) is 26.9. The maximum absolute atomic E-state index is 14.3. The van der Waals surface area contributed by atoms with Gasteiger partial charge in [0.15, 0.2) is 9.84 Å². The molecule has 4 heterocycles. The number of anilines is 2. The SMILES string of the molecule is C=C(c1ccccc1)c1cc2cnc(Nc3ccc(C4CCCN(C)C4)cc3)nc2n(C2Cc3ccccc3CS2(=O)=O)c1=O. The number of pyridine rings is 1. The lowest BCUT2D eigenvalue weighted by atomic mass is 9.91. The Bertz CT molecular complexity index is 2070. The predicted octanol–water partition coefficient (Wildman–Crippen LogP) is 6.08. The second kappa shape index (κ2) is 11.7. The summed E-state index contributed by atoms with van der Waals surface area (Å²) < 4.78 is 29.0. The monoisotopic (exact) mass is 617 g/mol. The summed E-state index contributed by atoms with van der Waals surface area (Å²) in [7, 11) is -1.59. The van der Waals surface area contributed by atoms with Crippen LogP contribution in [0.25, 0.3) is 16.6 Å². The van der Waals surface area contributed by atoms with Crippen LogP contribution >= 0.6 is 0 Å². The first-order chi connectivity index (χ1) is 21.8. The Morgan fingerprint density at radius 1 is 0.978 bits per heavy atom. The highest BCUT2D eigenvalue weighted by atomic mass is 32.2. The minimum atomic E-state index is -3.75. The molecule has 0 amide bonds. The summed E-state index contributed by atoms with van der Waals surface area (Å²) >= 11 is 0. The number of fused-ring (bicyclic) bond motifs is 2. The zero-order chi connectivity index (χ0) is 31.1. The molecule has 0 radical (unpaired) electrons. The molecule has 45 heavy (non-hydrogen) atoms. The Kier molecular flexibility index (Phi) is 7.59. The third-order valence-corrected chi connectivity index (χ3v) is 11.0. The van der Waals surface area contributed by atoms with Gasteiger partial charge in [-0.1, -0.05) is 73.3 Å². The van der Waals surface area contributed by atoms with Crippen molar-refractivity contribution in [3.63, 3.8) is 0 Å². The van der Waals surface area contributed by atoms with Crippen LogP contribution in [0.5, 0.6) is 0 Å². The molecule has 7 rings (SSSR count). The Morgan fingerprint density at radius 2 is 1.71 bits per heavy atom. The predicted molar refractivity (Wildman–Crippen MR) is 179 cm³/mol. The van der Waals surface area contributed by atoms with Crippen molar-refractivity contribution < 1.29 is 8.42 Å².